The highest BCUT2D eigenvalue weighted by atomic mass is 16.3. The minimum Gasteiger partial charge on any atom is -0.390 e. The van der Waals surface area contributed by atoms with Crippen molar-refractivity contribution >= 4 is 5.91 Å². The Morgan fingerprint density at radius 2 is 1.93 bits per heavy atom. The van der Waals surface area contributed by atoms with Gasteiger partial charge in [0.05, 0.1) is 11.2 Å². The monoisotopic (exact) mass is 389 g/mol. The van der Waals surface area contributed by atoms with E-state index < -0.39 is 11.2 Å². The highest BCUT2D eigenvalue weighted by Crippen LogP contribution is 2.69. The number of allylic oxidation sites excluding steroid dienone is 2. The van der Waals surface area contributed by atoms with Crippen LogP contribution in [0.4, 0.5) is 0 Å². The maximum absolute atomic E-state index is 12.5. The first-order valence-electron chi connectivity index (χ1n) is 11.3. The number of aliphatic hydroxyl groups is 2. The molecule has 1 heterocycles. The van der Waals surface area contributed by atoms with Crippen molar-refractivity contribution in [2.24, 2.45) is 34.5 Å². The lowest BCUT2D eigenvalue weighted by Crippen LogP contribution is -2.64. The van der Waals surface area contributed by atoms with Gasteiger partial charge in [0.2, 0.25) is 5.91 Å². The molecule has 0 aromatic carbocycles. The zero-order valence-corrected chi connectivity index (χ0v) is 18.6. The first-order chi connectivity index (χ1) is 12.9. The molecule has 4 nitrogen and oxygen atoms in total. The Morgan fingerprint density at radius 3 is 2.54 bits per heavy atom. The van der Waals surface area contributed by atoms with Gasteiger partial charge in [0.1, 0.15) is 0 Å². The minimum absolute atomic E-state index is 0.0421. The molecule has 0 aromatic rings. The second-order valence-electron chi connectivity index (χ2n) is 11.5. The molecular formula is C24H39NO3. The van der Waals surface area contributed by atoms with Crippen molar-refractivity contribution in [1.82, 2.24) is 4.90 Å². The number of amides is 1. The Kier molecular flexibility index (Phi) is 4.43. The van der Waals surface area contributed by atoms with Gasteiger partial charge in [-0.25, -0.2) is 0 Å². The van der Waals surface area contributed by atoms with E-state index in [4.69, 9.17) is 0 Å². The van der Waals surface area contributed by atoms with Crippen LogP contribution in [0.1, 0.15) is 80.1 Å². The van der Waals surface area contributed by atoms with Gasteiger partial charge < -0.3 is 15.1 Å². The Morgan fingerprint density at radius 1 is 1.25 bits per heavy atom. The average molecular weight is 390 g/mol. The number of carbonyl (C=O) groups excluding carboxylic acids is 1. The first-order valence-corrected chi connectivity index (χ1v) is 11.3. The molecule has 3 fully saturated rings. The molecule has 0 bridgehead atoms. The Hall–Kier alpha value is -0.870. The van der Waals surface area contributed by atoms with Gasteiger partial charge in [0.25, 0.3) is 0 Å². The summed E-state index contributed by atoms with van der Waals surface area (Å²) in [7, 11) is 0. The molecule has 1 amide bonds. The summed E-state index contributed by atoms with van der Waals surface area (Å²) >= 11 is 0. The normalized spacial score (nSPS) is 48.6. The predicted molar refractivity (Wildman–Crippen MR) is 110 cm³/mol. The van der Waals surface area contributed by atoms with E-state index in [0.717, 1.165) is 37.8 Å². The molecule has 4 rings (SSSR count). The molecule has 2 saturated carbocycles. The van der Waals surface area contributed by atoms with E-state index in [1.54, 1.807) is 0 Å². The number of hydrogen-bond donors (Lipinski definition) is 2. The second kappa shape index (κ2) is 6.07. The molecule has 3 aliphatic carbocycles. The number of rotatable bonds is 2. The number of fused-ring (bicyclic) bond motifs is 5. The molecule has 1 aliphatic heterocycles. The number of hydrogen-bond acceptors (Lipinski definition) is 3. The van der Waals surface area contributed by atoms with Crippen molar-refractivity contribution in [3.05, 3.63) is 11.8 Å². The van der Waals surface area contributed by atoms with Crippen molar-refractivity contribution in [2.45, 2.75) is 91.3 Å². The van der Waals surface area contributed by atoms with E-state index in [1.807, 2.05) is 25.7 Å². The molecule has 7 atom stereocenters. The minimum atomic E-state index is -0.794. The topological polar surface area (TPSA) is 60.8 Å². The van der Waals surface area contributed by atoms with Crippen molar-refractivity contribution < 1.29 is 15.0 Å². The molecule has 158 valence electrons. The van der Waals surface area contributed by atoms with Crippen LogP contribution in [0.5, 0.6) is 0 Å². The molecule has 2 N–H and O–H groups in total. The zero-order valence-electron chi connectivity index (χ0n) is 18.6. The molecule has 28 heavy (non-hydrogen) atoms. The summed E-state index contributed by atoms with van der Waals surface area (Å²) in [5, 5.41) is 22.8. The van der Waals surface area contributed by atoms with Crippen LogP contribution in [0.3, 0.4) is 0 Å². The fraction of sp³-hybridized carbons (Fsp3) is 0.875. The molecule has 0 spiro atoms. The van der Waals surface area contributed by atoms with Gasteiger partial charge in [-0.2, -0.15) is 0 Å². The first kappa shape index (κ1) is 20.4. The lowest BCUT2D eigenvalue weighted by atomic mass is 9.44. The largest absolute Gasteiger partial charge is 0.390 e. The highest BCUT2D eigenvalue weighted by molar-refractivity contribution is 5.80. The van der Waals surface area contributed by atoms with Gasteiger partial charge in [-0.1, -0.05) is 19.9 Å². The quantitative estimate of drug-likeness (QED) is 0.747. The summed E-state index contributed by atoms with van der Waals surface area (Å²) in [6.45, 7) is 13.3. The molecular weight excluding hydrogens is 350 g/mol. The standard InChI is InChI=1S/C24H39NO3/c1-7-25-18-11-8-15-16-9-10-17(21(2,3)27)23(16,5)14-24(6,28)20(15)22(18,4)13-12-19(25)26/h11,15-17,20,27-28H,7-10,12-14H2,1-6H3/t15?,16?,17-,20?,22+,23+,24+/m1/s1. The van der Waals surface area contributed by atoms with Crippen LogP contribution >= 0.6 is 0 Å². The third kappa shape index (κ3) is 2.59. The van der Waals surface area contributed by atoms with E-state index in [-0.39, 0.29) is 28.6 Å². The molecule has 4 aliphatic rings. The molecule has 0 aromatic heterocycles. The molecule has 1 saturated heterocycles. The van der Waals surface area contributed by atoms with Crippen LogP contribution < -0.4 is 0 Å². The Labute approximate surface area is 170 Å². The van der Waals surface area contributed by atoms with Crippen LogP contribution in [0.25, 0.3) is 0 Å². The highest BCUT2D eigenvalue weighted by Gasteiger charge is 2.67. The third-order valence-electron chi connectivity index (χ3n) is 9.24. The molecule has 0 radical (unpaired) electrons. The fourth-order valence-corrected chi connectivity index (χ4v) is 8.74. The van der Waals surface area contributed by atoms with Crippen LogP contribution in [-0.2, 0) is 4.79 Å². The summed E-state index contributed by atoms with van der Waals surface area (Å²) in [6, 6.07) is 0. The van der Waals surface area contributed by atoms with E-state index >= 15 is 0 Å². The van der Waals surface area contributed by atoms with E-state index in [0.29, 0.717) is 24.8 Å². The van der Waals surface area contributed by atoms with Crippen molar-refractivity contribution in [3.8, 4) is 0 Å². The third-order valence-corrected chi connectivity index (χ3v) is 9.24. The van der Waals surface area contributed by atoms with Gasteiger partial charge in [-0.3, -0.25) is 4.79 Å². The zero-order chi connectivity index (χ0) is 20.7. The molecule has 3 unspecified atom stereocenters. The molecule has 4 heteroatoms. The second-order valence-corrected chi connectivity index (χ2v) is 11.5. The predicted octanol–water partition coefficient (Wildman–Crippen LogP) is 4.11. The van der Waals surface area contributed by atoms with Gasteiger partial charge in [-0.15, -0.1) is 0 Å². The summed E-state index contributed by atoms with van der Waals surface area (Å²) in [5.41, 5.74) is -0.544. The lowest BCUT2D eigenvalue weighted by Gasteiger charge is -2.64. The van der Waals surface area contributed by atoms with Gasteiger partial charge >= 0.3 is 0 Å². The smallest absolute Gasteiger partial charge is 0.226 e. The number of likely N-dealkylation sites (tertiary alicyclic amines) is 1. The summed E-state index contributed by atoms with van der Waals surface area (Å²) in [4.78, 5) is 14.5. The van der Waals surface area contributed by atoms with Crippen molar-refractivity contribution in [1.29, 1.82) is 0 Å². The fourth-order valence-electron chi connectivity index (χ4n) is 8.74. The van der Waals surface area contributed by atoms with Crippen LogP contribution in [0.15, 0.2) is 11.8 Å². The summed E-state index contributed by atoms with van der Waals surface area (Å²) in [6.07, 6.45) is 7.59. The summed E-state index contributed by atoms with van der Waals surface area (Å²) < 4.78 is 0. The maximum atomic E-state index is 12.5. The van der Waals surface area contributed by atoms with Crippen molar-refractivity contribution in [3.63, 3.8) is 0 Å². The average Bonchev–Trinajstić information content (AvgIpc) is 2.90. The number of nitrogens with zero attached hydrogens (tertiary/aromatic N) is 1. The lowest BCUT2D eigenvalue weighted by molar-refractivity contribution is -0.195. The van der Waals surface area contributed by atoms with Crippen molar-refractivity contribution in [2.75, 3.05) is 6.54 Å². The van der Waals surface area contributed by atoms with Gasteiger partial charge in [0, 0.05) is 30.0 Å². The SMILES string of the molecule is CCN1C(=O)CC[C@@]2(C)C1=CCC1C2[C@@](C)(O)C[C@@]2(C)C1CC[C@@H]2C(C)(C)O. The van der Waals surface area contributed by atoms with E-state index in [1.165, 1.54) is 0 Å². The van der Waals surface area contributed by atoms with Crippen LogP contribution in [-0.4, -0.2) is 38.8 Å². The van der Waals surface area contributed by atoms with Gasteiger partial charge in [-0.05, 0) is 83.0 Å². The van der Waals surface area contributed by atoms with Crippen LogP contribution in [0.2, 0.25) is 0 Å². The maximum Gasteiger partial charge on any atom is 0.226 e. The number of piperidine rings is 1. The Bertz CT molecular complexity index is 705. The van der Waals surface area contributed by atoms with E-state index in [2.05, 4.69) is 26.8 Å². The Balaban J connectivity index is 1.79. The van der Waals surface area contributed by atoms with Gasteiger partial charge in [0.15, 0.2) is 0 Å². The van der Waals surface area contributed by atoms with Crippen LogP contribution in [0, 0.1) is 34.5 Å². The summed E-state index contributed by atoms with van der Waals surface area (Å²) in [5.74, 6) is 1.56. The number of carbonyl (C=O) groups is 1. The van der Waals surface area contributed by atoms with E-state index in [9.17, 15) is 15.0 Å².